The zero-order valence-electron chi connectivity index (χ0n) is 19.3. The number of pyridine rings is 1. The van der Waals surface area contributed by atoms with E-state index >= 15 is 0 Å². The molecule has 0 aliphatic carbocycles. The van der Waals surface area contributed by atoms with Crippen molar-refractivity contribution in [2.24, 2.45) is 4.99 Å². The summed E-state index contributed by atoms with van der Waals surface area (Å²) in [4.78, 5) is 17.2. The number of aliphatic imine (C=N–C) groups is 1. The summed E-state index contributed by atoms with van der Waals surface area (Å²) in [5.74, 6) is 1.58. The quantitative estimate of drug-likeness (QED) is 0.233. The van der Waals surface area contributed by atoms with Crippen molar-refractivity contribution in [2.45, 2.75) is 19.9 Å². The van der Waals surface area contributed by atoms with Crippen LogP contribution in [0.2, 0.25) is 0 Å². The number of guanidine groups is 1. The van der Waals surface area contributed by atoms with Crippen LogP contribution in [0.4, 0.5) is 10.2 Å². The molecule has 0 amide bonds. The monoisotopic (exact) mass is 565 g/mol. The maximum atomic E-state index is 13.6. The van der Waals surface area contributed by atoms with Crippen molar-refractivity contribution < 1.29 is 4.39 Å². The normalized spacial score (nSPS) is 14.9. The van der Waals surface area contributed by atoms with E-state index in [9.17, 15) is 4.39 Å². The van der Waals surface area contributed by atoms with Crippen LogP contribution >= 0.6 is 24.0 Å². The summed E-state index contributed by atoms with van der Waals surface area (Å²) in [6.45, 7) is 8.26. The SMILES string of the molecule is CCNC(=NCc1ccc(N2CCN(C)CC2)nc1)NCCc1c[nH]c2ccc(F)cc12.I. The van der Waals surface area contributed by atoms with Gasteiger partial charge in [0.1, 0.15) is 11.6 Å². The van der Waals surface area contributed by atoms with Crippen LogP contribution in [-0.4, -0.2) is 67.1 Å². The molecule has 4 rings (SSSR count). The van der Waals surface area contributed by atoms with Gasteiger partial charge in [0.2, 0.25) is 0 Å². The topological polar surface area (TPSA) is 71.6 Å². The number of anilines is 1. The summed E-state index contributed by atoms with van der Waals surface area (Å²) in [6, 6.07) is 9.03. The van der Waals surface area contributed by atoms with Gasteiger partial charge in [-0.3, -0.25) is 0 Å². The summed E-state index contributed by atoms with van der Waals surface area (Å²) in [7, 11) is 2.15. The van der Waals surface area contributed by atoms with Crippen LogP contribution in [0.15, 0.2) is 47.7 Å². The Hall–Kier alpha value is -2.40. The van der Waals surface area contributed by atoms with Gasteiger partial charge in [0.05, 0.1) is 6.54 Å². The number of halogens is 2. The maximum Gasteiger partial charge on any atom is 0.191 e. The fourth-order valence-electron chi connectivity index (χ4n) is 3.92. The molecule has 0 atom stereocenters. The van der Waals surface area contributed by atoms with E-state index in [1.54, 1.807) is 12.1 Å². The van der Waals surface area contributed by atoms with Gasteiger partial charge in [-0.25, -0.2) is 14.4 Å². The van der Waals surface area contributed by atoms with Gasteiger partial charge in [0.25, 0.3) is 0 Å². The van der Waals surface area contributed by atoms with Crippen molar-refractivity contribution in [3.63, 3.8) is 0 Å². The molecule has 1 fully saturated rings. The first-order valence-corrected chi connectivity index (χ1v) is 11.3. The van der Waals surface area contributed by atoms with Crippen LogP contribution in [0.1, 0.15) is 18.1 Å². The molecule has 0 unspecified atom stereocenters. The highest BCUT2D eigenvalue weighted by molar-refractivity contribution is 14.0. The third-order valence-electron chi connectivity index (χ3n) is 5.82. The second-order valence-electron chi connectivity index (χ2n) is 8.19. The fraction of sp³-hybridized carbons (Fsp3) is 0.417. The Kier molecular flexibility index (Phi) is 9.30. The van der Waals surface area contributed by atoms with Gasteiger partial charge in [-0.2, -0.15) is 0 Å². The number of hydrogen-bond donors (Lipinski definition) is 3. The van der Waals surface area contributed by atoms with Crippen LogP contribution in [-0.2, 0) is 13.0 Å². The minimum absolute atomic E-state index is 0. The standard InChI is InChI=1S/C24H32FN7.HI/c1-3-26-24(27-9-8-19-17-28-22-6-5-20(25)14-21(19)22)30-16-18-4-7-23(29-15-18)32-12-10-31(2)11-13-32;/h4-7,14-15,17,28H,3,8-13,16H2,1-2H3,(H2,26,27,30);1H. The highest BCUT2D eigenvalue weighted by atomic mass is 127. The maximum absolute atomic E-state index is 13.6. The highest BCUT2D eigenvalue weighted by Crippen LogP contribution is 2.19. The lowest BCUT2D eigenvalue weighted by molar-refractivity contribution is 0.312. The first-order chi connectivity index (χ1) is 15.6. The first-order valence-electron chi connectivity index (χ1n) is 11.3. The Morgan fingerprint density at radius 1 is 1.15 bits per heavy atom. The van der Waals surface area contributed by atoms with Crippen molar-refractivity contribution in [3.8, 4) is 0 Å². The molecule has 0 spiro atoms. The lowest BCUT2D eigenvalue weighted by Crippen LogP contribution is -2.44. The highest BCUT2D eigenvalue weighted by Gasteiger charge is 2.15. The number of benzene rings is 1. The van der Waals surface area contributed by atoms with Crippen molar-refractivity contribution in [3.05, 3.63) is 59.7 Å². The Bertz CT molecular complexity index is 1040. The Labute approximate surface area is 211 Å². The van der Waals surface area contributed by atoms with Gasteiger partial charge in [0, 0.05) is 62.6 Å². The van der Waals surface area contributed by atoms with Gasteiger partial charge < -0.3 is 25.4 Å². The fourth-order valence-corrected chi connectivity index (χ4v) is 3.92. The first kappa shape index (κ1) is 25.2. The predicted molar refractivity (Wildman–Crippen MR) is 144 cm³/mol. The molecule has 0 saturated carbocycles. The van der Waals surface area contributed by atoms with Gasteiger partial charge in [-0.05, 0) is 55.8 Å². The Morgan fingerprint density at radius 3 is 2.70 bits per heavy atom. The molecule has 2 aromatic heterocycles. The Balaban J connectivity index is 0.00000306. The van der Waals surface area contributed by atoms with E-state index in [0.29, 0.717) is 13.1 Å². The molecule has 1 aliphatic rings. The summed E-state index contributed by atoms with van der Waals surface area (Å²) in [5, 5.41) is 7.59. The molecule has 7 nitrogen and oxygen atoms in total. The van der Waals surface area contributed by atoms with E-state index in [1.807, 2.05) is 19.3 Å². The molecule has 3 N–H and O–H groups in total. The lowest BCUT2D eigenvalue weighted by Gasteiger charge is -2.33. The number of rotatable bonds is 7. The molecule has 178 valence electrons. The third kappa shape index (κ3) is 6.80. The molecular weight excluding hydrogens is 532 g/mol. The molecule has 3 aromatic rings. The van der Waals surface area contributed by atoms with E-state index in [-0.39, 0.29) is 29.8 Å². The molecule has 3 heterocycles. The summed E-state index contributed by atoms with van der Waals surface area (Å²) in [5.41, 5.74) is 3.12. The zero-order chi connectivity index (χ0) is 22.3. The van der Waals surface area contributed by atoms with Crippen molar-refractivity contribution in [1.82, 2.24) is 25.5 Å². The van der Waals surface area contributed by atoms with E-state index in [4.69, 9.17) is 4.99 Å². The van der Waals surface area contributed by atoms with Crippen LogP contribution in [0.25, 0.3) is 10.9 Å². The number of nitrogens with one attached hydrogen (secondary N) is 3. The average Bonchev–Trinajstić information content (AvgIpc) is 3.20. The van der Waals surface area contributed by atoms with Gasteiger partial charge in [-0.1, -0.05) is 6.07 Å². The van der Waals surface area contributed by atoms with E-state index in [2.05, 4.69) is 49.6 Å². The molecule has 9 heteroatoms. The second-order valence-corrected chi connectivity index (χ2v) is 8.19. The third-order valence-corrected chi connectivity index (χ3v) is 5.82. The Morgan fingerprint density at radius 2 is 1.97 bits per heavy atom. The van der Waals surface area contributed by atoms with E-state index in [1.165, 1.54) is 6.07 Å². The van der Waals surface area contributed by atoms with Crippen molar-refractivity contribution in [2.75, 3.05) is 51.2 Å². The van der Waals surface area contributed by atoms with Crippen LogP contribution in [0.5, 0.6) is 0 Å². The minimum Gasteiger partial charge on any atom is -0.361 e. The number of fused-ring (bicyclic) bond motifs is 1. The number of nitrogens with zero attached hydrogens (tertiary/aromatic N) is 4. The van der Waals surface area contributed by atoms with Crippen LogP contribution in [0.3, 0.4) is 0 Å². The number of likely N-dealkylation sites (N-methyl/N-ethyl adjacent to an activating group) is 1. The average molecular weight is 565 g/mol. The van der Waals surface area contributed by atoms with Gasteiger partial charge >= 0.3 is 0 Å². The molecule has 1 saturated heterocycles. The largest absolute Gasteiger partial charge is 0.361 e. The molecule has 0 bridgehead atoms. The summed E-state index contributed by atoms with van der Waals surface area (Å²) in [6.07, 6.45) is 4.64. The van der Waals surface area contributed by atoms with E-state index in [0.717, 1.165) is 73.0 Å². The number of aromatic amines is 1. The van der Waals surface area contributed by atoms with Crippen LogP contribution in [0, 0.1) is 5.82 Å². The molecule has 1 aromatic carbocycles. The number of piperazine rings is 1. The molecular formula is C24H33FIN7. The molecule has 33 heavy (non-hydrogen) atoms. The van der Waals surface area contributed by atoms with Crippen molar-refractivity contribution in [1.29, 1.82) is 0 Å². The van der Waals surface area contributed by atoms with Crippen LogP contribution < -0.4 is 15.5 Å². The molecule has 0 radical (unpaired) electrons. The smallest absolute Gasteiger partial charge is 0.191 e. The predicted octanol–water partition coefficient (Wildman–Crippen LogP) is 3.37. The zero-order valence-corrected chi connectivity index (χ0v) is 21.6. The van der Waals surface area contributed by atoms with Crippen molar-refractivity contribution >= 4 is 46.7 Å². The minimum atomic E-state index is -0.214. The molecule has 1 aliphatic heterocycles. The van der Waals surface area contributed by atoms with E-state index < -0.39 is 0 Å². The summed E-state index contributed by atoms with van der Waals surface area (Å²) >= 11 is 0. The number of hydrogen-bond acceptors (Lipinski definition) is 4. The number of H-pyrrole nitrogens is 1. The number of aromatic nitrogens is 2. The van der Waals surface area contributed by atoms with Gasteiger partial charge in [0.15, 0.2) is 5.96 Å². The summed E-state index contributed by atoms with van der Waals surface area (Å²) < 4.78 is 13.6. The lowest BCUT2D eigenvalue weighted by atomic mass is 10.1. The second kappa shape index (κ2) is 12.2. The van der Waals surface area contributed by atoms with Gasteiger partial charge in [-0.15, -0.1) is 24.0 Å².